The Kier molecular flexibility index (Phi) is 5.27. The van der Waals surface area contributed by atoms with Gasteiger partial charge in [-0.15, -0.1) is 11.3 Å². The van der Waals surface area contributed by atoms with Crippen molar-refractivity contribution in [3.8, 4) is 0 Å². The molecule has 142 valence electrons. The predicted octanol–water partition coefficient (Wildman–Crippen LogP) is 2.61. The van der Waals surface area contributed by atoms with Crippen LogP contribution >= 0.6 is 22.9 Å². The third-order valence-corrected chi connectivity index (χ3v) is 6.06. The molecule has 6 nitrogen and oxygen atoms in total. The molecule has 1 aliphatic rings. The van der Waals surface area contributed by atoms with E-state index >= 15 is 0 Å². The molecule has 1 aromatic carbocycles. The Morgan fingerprint density at radius 1 is 1.15 bits per heavy atom. The number of rotatable bonds is 4. The van der Waals surface area contributed by atoms with Crippen LogP contribution in [0.2, 0.25) is 5.02 Å². The van der Waals surface area contributed by atoms with Crippen LogP contribution in [-0.4, -0.2) is 57.6 Å². The molecule has 0 atom stereocenters. The van der Waals surface area contributed by atoms with Crippen molar-refractivity contribution in [2.45, 2.75) is 20.0 Å². The average molecular weight is 404 g/mol. The minimum Gasteiger partial charge on any atom is -0.304 e. The lowest BCUT2D eigenvalue weighted by molar-refractivity contribution is 0.147. The molecule has 0 amide bonds. The fourth-order valence-corrected chi connectivity index (χ4v) is 4.30. The van der Waals surface area contributed by atoms with Crippen molar-refractivity contribution in [3.05, 3.63) is 55.4 Å². The molecule has 0 N–H and O–H groups in total. The topological polar surface area (TPSA) is 54.3 Å². The van der Waals surface area contributed by atoms with Gasteiger partial charge in [-0.1, -0.05) is 11.6 Å². The standard InChI is InChI=1S/C19H22ClN5OS/c1-13-19(26)25(17-9-14(20)3-4-16(17)21-13)11-18-22-15(12-27-18)10-24-7-5-23(2)6-8-24/h3-4,9,12H,5-8,10-11H2,1-2H3. The second kappa shape index (κ2) is 7.67. The molecule has 3 aromatic rings. The normalized spacial score (nSPS) is 16.3. The van der Waals surface area contributed by atoms with Crippen LogP contribution in [0.4, 0.5) is 0 Å². The molecule has 3 heterocycles. The molecule has 0 spiro atoms. The number of halogens is 1. The molecular formula is C19H22ClN5OS. The lowest BCUT2D eigenvalue weighted by Crippen LogP contribution is -2.43. The summed E-state index contributed by atoms with van der Waals surface area (Å²) in [6, 6.07) is 5.44. The summed E-state index contributed by atoms with van der Waals surface area (Å²) in [4.78, 5) is 26.6. The first-order valence-corrected chi connectivity index (χ1v) is 10.3. The summed E-state index contributed by atoms with van der Waals surface area (Å²) in [5.74, 6) is 0. The molecule has 0 saturated carbocycles. The zero-order valence-electron chi connectivity index (χ0n) is 15.5. The Bertz CT molecular complexity index is 1020. The SMILES string of the molecule is Cc1nc2ccc(Cl)cc2n(Cc2nc(CN3CCN(C)CC3)cs2)c1=O. The van der Waals surface area contributed by atoms with Crippen molar-refractivity contribution in [1.29, 1.82) is 0 Å². The van der Waals surface area contributed by atoms with Crippen LogP contribution in [0.3, 0.4) is 0 Å². The number of fused-ring (bicyclic) bond motifs is 1. The van der Waals surface area contributed by atoms with Crippen molar-refractivity contribution < 1.29 is 0 Å². The number of aryl methyl sites for hydroxylation is 1. The van der Waals surface area contributed by atoms with Crippen LogP contribution in [0, 0.1) is 6.92 Å². The van der Waals surface area contributed by atoms with Crippen molar-refractivity contribution in [2.24, 2.45) is 0 Å². The van der Waals surface area contributed by atoms with Crippen LogP contribution in [0.15, 0.2) is 28.4 Å². The molecule has 0 aliphatic carbocycles. The van der Waals surface area contributed by atoms with Gasteiger partial charge in [0.25, 0.3) is 5.56 Å². The van der Waals surface area contributed by atoms with E-state index in [4.69, 9.17) is 16.6 Å². The van der Waals surface area contributed by atoms with E-state index in [2.05, 4.69) is 27.2 Å². The van der Waals surface area contributed by atoms with E-state index in [0.717, 1.165) is 54.5 Å². The van der Waals surface area contributed by atoms with E-state index in [1.54, 1.807) is 35.0 Å². The first kappa shape index (κ1) is 18.6. The Morgan fingerprint density at radius 2 is 1.93 bits per heavy atom. The largest absolute Gasteiger partial charge is 0.304 e. The van der Waals surface area contributed by atoms with Crippen molar-refractivity contribution in [1.82, 2.24) is 24.3 Å². The number of benzene rings is 1. The predicted molar refractivity (Wildman–Crippen MR) is 110 cm³/mol. The highest BCUT2D eigenvalue weighted by atomic mass is 35.5. The fourth-order valence-electron chi connectivity index (χ4n) is 3.36. The number of piperazine rings is 1. The Balaban J connectivity index is 1.58. The third kappa shape index (κ3) is 4.06. The van der Waals surface area contributed by atoms with Gasteiger partial charge < -0.3 is 4.90 Å². The van der Waals surface area contributed by atoms with E-state index in [1.165, 1.54) is 0 Å². The number of hydrogen-bond donors (Lipinski definition) is 0. The van der Waals surface area contributed by atoms with E-state index in [-0.39, 0.29) is 5.56 Å². The molecule has 0 unspecified atom stereocenters. The van der Waals surface area contributed by atoms with Gasteiger partial charge >= 0.3 is 0 Å². The van der Waals surface area contributed by atoms with Gasteiger partial charge in [0.05, 0.1) is 23.3 Å². The third-order valence-electron chi connectivity index (χ3n) is 4.95. The summed E-state index contributed by atoms with van der Waals surface area (Å²) in [6.45, 7) is 7.36. The van der Waals surface area contributed by atoms with Crippen molar-refractivity contribution in [2.75, 3.05) is 33.2 Å². The first-order valence-electron chi connectivity index (χ1n) is 9.00. The van der Waals surface area contributed by atoms with E-state index in [0.29, 0.717) is 17.3 Å². The molecule has 0 bridgehead atoms. The van der Waals surface area contributed by atoms with Gasteiger partial charge in [-0.05, 0) is 32.2 Å². The number of hydrogen-bond acceptors (Lipinski definition) is 6. The number of likely N-dealkylation sites (N-methyl/N-ethyl adjacent to an activating group) is 1. The molecular weight excluding hydrogens is 382 g/mol. The minimum absolute atomic E-state index is 0.0967. The van der Waals surface area contributed by atoms with Gasteiger partial charge in [-0.25, -0.2) is 9.97 Å². The highest BCUT2D eigenvalue weighted by molar-refractivity contribution is 7.09. The monoisotopic (exact) mass is 403 g/mol. The Labute approximate surface area is 167 Å². The van der Waals surface area contributed by atoms with Crippen LogP contribution in [0.25, 0.3) is 11.0 Å². The van der Waals surface area contributed by atoms with E-state index in [9.17, 15) is 4.79 Å². The molecule has 1 fully saturated rings. The van der Waals surface area contributed by atoms with Gasteiger partial charge in [0, 0.05) is 43.1 Å². The molecule has 8 heteroatoms. The Morgan fingerprint density at radius 3 is 2.70 bits per heavy atom. The molecule has 4 rings (SSSR count). The fraction of sp³-hybridized carbons (Fsp3) is 0.421. The van der Waals surface area contributed by atoms with Crippen LogP contribution < -0.4 is 5.56 Å². The highest BCUT2D eigenvalue weighted by Gasteiger charge is 2.16. The van der Waals surface area contributed by atoms with Crippen LogP contribution in [-0.2, 0) is 13.1 Å². The van der Waals surface area contributed by atoms with E-state index < -0.39 is 0 Å². The van der Waals surface area contributed by atoms with Crippen molar-refractivity contribution in [3.63, 3.8) is 0 Å². The second-order valence-corrected chi connectivity index (χ2v) is 8.41. The minimum atomic E-state index is -0.0967. The second-order valence-electron chi connectivity index (χ2n) is 7.03. The summed E-state index contributed by atoms with van der Waals surface area (Å²) in [5.41, 5.74) is 2.97. The lowest BCUT2D eigenvalue weighted by atomic mass is 10.2. The maximum Gasteiger partial charge on any atom is 0.272 e. The molecule has 0 radical (unpaired) electrons. The van der Waals surface area contributed by atoms with Gasteiger partial charge in [0.15, 0.2) is 0 Å². The number of thiazole rings is 1. The van der Waals surface area contributed by atoms with Crippen LogP contribution in [0.5, 0.6) is 0 Å². The number of aromatic nitrogens is 3. The van der Waals surface area contributed by atoms with Crippen molar-refractivity contribution >= 4 is 34.0 Å². The summed E-state index contributed by atoms with van der Waals surface area (Å²) in [6.07, 6.45) is 0. The lowest BCUT2D eigenvalue weighted by Gasteiger charge is -2.31. The van der Waals surface area contributed by atoms with Gasteiger partial charge in [0.2, 0.25) is 0 Å². The van der Waals surface area contributed by atoms with E-state index in [1.807, 2.05) is 6.07 Å². The highest BCUT2D eigenvalue weighted by Crippen LogP contribution is 2.19. The summed E-state index contributed by atoms with van der Waals surface area (Å²) in [7, 11) is 2.16. The molecule has 1 aliphatic heterocycles. The summed E-state index contributed by atoms with van der Waals surface area (Å²) < 4.78 is 1.72. The van der Waals surface area contributed by atoms with Gasteiger partial charge in [-0.2, -0.15) is 0 Å². The van der Waals surface area contributed by atoms with Gasteiger partial charge in [-0.3, -0.25) is 14.3 Å². The zero-order chi connectivity index (χ0) is 19.0. The van der Waals surface area contributed by atoms with Gasteiger partial charge in [0.1, 0.15) is 10.7 Å². The molecule has 1 saturated heterocycles. The quantitative estimate of drug-likeness (QED) is 0.670. The average Bonchev–Trinajstić information content (AvgIpc) is 3.08. The zero-order valence-corrected chi connectivity index (χ0v) is 17.1. The smallest absolute Gasteiger partial charge is 0.272 e. The first-order chi connectivity index (χ1) is 13.0. The molecule has 27 heavy (non-hydrogen) atoms. The Hall–Kier alpha value is -1.80. The molecule has 2 aromatic heterocycles. The van der Waals surface area contributed by atoms with Crippen LogP contribution in [0.1, 0.15) is 16.4 Å². The maximum atomic E-state index is 12.7. The summed E-state index contributed by atoms with van der Waals surface area (Å²) in [5, 5.41) is 3.62. The maximum absolute atomic E-state index is 12.7. The summed E-state index contributed by atoms with van der Waals surface area (Å²) >= 11 is 7.74. The number of nitrogens with zero attached hydrogens (tertiary/aromatic N) is 5.